The monoisotopic (exact) mass is 357 g/mol. The molecule has 6 heteroatoms. The summed E-state index contributed by atoms with van der Waals surface area (Å²) in [5, 5.41) is 0. The number of hydrogen-bond donors (Lipinski definition) is 0. The van der Waals surface area contributed by atoms with E-state index in [9.17, 15) is 9.59 Å². The quantitative estimate of drug-likeness (QED) is 0.757. The van der Waals surface area contributed by atoms with Crippen LogP contribution >= 0.6 is 0 Å². The Morgan fingerprint density at radius 2 is 1.85 bits per heavy atom. The summed E-state index contributed by atoms with van der Waals surface area (Å²) in [6, 6.07) is 9.19. The molecule has 1 amide bonds. The van der Waals surface area contributed by atoms with Gasteiger partial charge >= 0.3 is 5.97 Å². The van der Waals surface area contributed by atoms with Gasteiger partial charge < -0.3 is 9.64 Å². The van der Waals surface area contributed by atoms with Crippen LogP contribution in [0.4, 0.5) is 0 Å². The van der Waals surface area contributed by atoms with Crippen LogP contribution in [0, 0.1) is 5.92 Å². The van der Waals surface area contributed by atoms with E-state index in [0.717, 1.165) is 38.0 Å². The molecule has 1 aromatic rings. The second-order valence-corrected chi connectivity index (χ2v) is 7.71. The summed E-state index contributed by atoms with van der Waals surface area (Å²) >= 11 is 0. The minimum absolute atomic E-state index is 0.0145. The number of likely N-dealkylation sites (N-methyl/N-ethyl adjacent to an activating group) is 1. The Kier molecular flexibility index (Phi) is 4.96. The van der Waals surface area contributed by atoms with Crippen molar-refractivity contribution in [1.29, 1.82) is 0 Å². The molecule has 4 saturated heterocycles. The fraction of sp³-hybridized carbons (Fsp3) is 0.600. The third kappa shape index (κ3) is 3.48. The Balaban J connectivity index is 1.52. The molecule has 140 valence electrons. The molecule has 4 aliphatic heterocycles. The first-order chi connectivity index (χ1) is 12.6. The molecular formula is C20H27N3O3. The van der Waals surface area contributed by atoms with Crippen molar-refractivity contribution >= 4 is 11.9 Å². The highest BCUT2D eigenvalue weighted by atomic mass is 16.5. The maximum Gasteiger partial charge on any atom is 0.328 e. The van der Waals surface area contributed by atoms with Crippen LogP contribution in [0.2, 0.25) is 0 Å². The lowest BCUT2D eigenvalue weighted by atomic mass is 9.86. The molecule has 2 atom stereocenters. The molecule has 1 aromatic carbocycles. The van der Waals surface area contributed by atoms with Gasteiger partial charge in [-0.2, -0.15) is 0 Å². The van der Waals surface area contributed by atoms with Crippen molar-refractivity contribution in [1.82, 2.24) is 14.7 Å². The van der Waals surface area contributed by atoms with E-state index < -0.39 is 6.04 Å². The molecule has 0 radical (unpaired) electrons. The molecule has 5 rings (SSSR count). The van der Waals surface area contributed by atoms with Crippen LogP contribution in [0.15, 0.2) is 30.3 Å². The first kappa shape index (κ1) is 17.5. The Labute approximate surface area is 154 Å². The number of ether oxygens (including phenoxy) is 1. The lowest BCUT2D eigenvalue weighted by Crippen LogP contribution is -2.54. The molecule has 0 spiro atoms. The van der Waals surface area contributed by atoms with Gasteiger partial charge in [-0.25, -0.2) is 4.79 Å². The second-order valence-electron chi connectivity index (χ2n) is 7.71. The molecule has 4 aliphatic rings. The van der Waals surface area contributed by atoms with Gasteiger partial charge in [0.05, 0.1) is 6.54 Å². The summed E-state index contributed by atoms with van der Waals surface area (Å²) in [7, 11) is 1.81. The van der Waals surface area contributed by atoms with Crippen LogP contribution in [-0.4, -0.2) is 79.0 Å². The molecular weight excluding hydrogens is 330 g/mol. The van der Waals surface area contributed by atoms with E-state index >= 15 is 0 Å². The van der Waals surface area contributed by atoms with Crippen LogP contribution in [0.25, 0.3) is 0 Å². The number of amides is 1. The smallest absolute Gasteiger partial charge is 0.328 e. The van der Waals surface area contributed by atoms with Gasteiger partial charge in [0.25, 0.3) is 0 Å². The predicted molar refractivity (Wildman–Crippen MR) is 97.4 cm³/mol. The van der Waals surface area contributed by atoms with Crippen molar-refractivity contribution < 1.29 is 14.3 Å². The molecule has 0 saturated carbocycles. The van der Waals surface area contributed by atoms with Crippen molar-refractivity contribution in [2.24, 2.45) is 5.92 Å². The molecule has 2 unspecified atom stereocenters. The number of carbonyl (C=O) groups excluding carboxylic acids is 2. The van der Waals surface area contributed by atoms with Crippen molar-refractivity contribution in [2.75, 3.05) is 46.3 Å². The van der Waals surface area contributed by atoms with Gasteiger partial charge in [-0.15, -0.1) is 0 Å². The summed E-state index contributed by atoms with van der Waals surface area (Å²) in [6.07, 6.45) is 2.21. The van der Waals surface area contributed by atoms with Gasteiger partial charge in [-0.3, -0.25) is 14.6 Å². The Morgan fingerprint density at radius 1 is 1.12 bits per heavy atom. The average Bonchev–Trinajstić information content (AvgIpc) is 2.67. The van der Waals surface area contributed by atoms with Crippen molar-refractivity contribution in [2.45, 2.75) is 25.0 Å². The summed E-state index contributed by atoms with van der Waals surface area (Å²) < 4.78 is 6.01. The first-order valence-corrected chi connectivity index (χ1v) is 9.57. The topological polar surface area (TPSA) is 53.1 Å². The number of piperidine rings is 3. The first-order valence-electron chi connectivity index (χ1n) is 9.57. The molecule has 0 aliphatic carbocycles. The maximum absolute atomic E-state index is 13.2. The second kappa shape index (κ2) is 7.37. The van der Waals surface area contributed by atoms with E-state index in [2.05, 4.69) is 4.90 Å². The third-order valence-electron chi connectivity index (χ3n) is 6.05. The SMILES string of the molecule is CN1CCN(C(C(=O)OC2CN3CCC2CC3)c2ccccc2)CC1=O. The lowest BCUT2D eigenvalue weighted by molar-refractivity contribution is -0.167. The average molecular weight is 357 g/mol. The van der Waals surface area contributed by atoms with E-state index in [1.807, 2.05) is 42.3 Å². The van der Waals surface area contributed by atoms with Crippen LogP contribution in [0.5, 0.6) is 0 Å². The normalized spacial score (nSPS) is 30.3. The fourth-order valence-electron chi connectivity index (χ4n) is 4.39. The number of nitrogens with zero attached hydrogens (tertiary/aromatic N) is 3. The third-order valence-corrected chi connectivity index (χ3v) is 6.05. The molecule has 0 N–H and O–H groups in total. The summed E-state index contributed by atoms with van der Waals surface area (Å²) in [4.78, 5) is 31.4. The zero-order valence-corrected chi connectivity index (χ0v) is 15.3. The van der Waals surface area contributed by atoms with Crippen molar-refractivity contribution in [3.8, 4) is 0 Å². The molecule has 26 heavy (non-hydrogen) atoms. The van der Waals surface area contributed by atoms with E-state index in [-0.39, 0.29) is 24.5 Å². The van der Waals surface area contributed by atoms with Crippen LogP contribution in [0.3, 0.4) is 0 Å². The van der Waals surface area contributed by atoms with Gasteiger partial charge in [-0.1, -0.05) is 30.3 Å². The summed E-state index contributed by atoms with van der Waals surface area (Å²) in [6.45, 7) is 4.65. The molecule has 0 aromatic heterocycles. The molecule has 4 fully saturated rings. The van der Waals surface area contributed by atoms with Gasteiger partial charge in [0.2, 0.25) is 5.91 Å². The summed E-state index contributed by atoms with van der Waals surface area (Å²) in [5.41, 5.74) is 0.899. The molecule has 2 bridgehead atoms. The highest BCUT2D eigenvalue weighted by molar-refractivity contribution is 5.82. The number of esters is 1. The molecule has 6 nitrogen and oxygen atoms in total. The number of piperazine rings is 1. The number of fused-ring (bicyclic) bond motifs is 3. The van der Waals surface area contributed by atoms with Crippen LogP contribution in [0.1, 0.15) is 24.4 Å². The molecule has 4 heterocycles. The lowest BCUT2D eigenvalue weighted by Gasteiger charge is -2.44. The largest absolute Gasteiger partial charge is 0.459 e. The van der Waals surface area contributed by atoms with E-state index in [4.69, 9.17) is 4.74 Å². The highest BCUT2D eigenvalue weighted by Crippen LogP contribution is 2.32. The minimum atomic E-state index is -0.510. The van der Waals surface area contributed by atoms with Gasteiger partial charge in [0.15, 0.2) is 0 Å². The number of carbonyl (C=O) groups is 2. The number of benzene rings is 1. The van der Waals surface area contributed by atoms with Crippen molar-refractivity contribution in [3.05, 3.63) is 35.9 Å². The number of hydrogen-bond acceptors (Lipinski definition) is 5. The Bertz CT molecular complexity index is 658. The van der Waals surface area contributed by atoms with Gasteiger partial charge in [0, 0.05) is 26.7 Å². The predicted octanol–water partition coefficient (Wildman–Crippen LogP) is 1.14. The fourth-order valence-corrected chi connectivity index (χ4v) is 4.39. The van der Waals surface area contributed by atoms with Crippen molar-refractivity contribution in [3.63, 3.8) is 0 Å². The minimum Gasteiger partial charge on any atom is -0.459 e. The Hall–Kier alpha value is -1.92. The van der Waals surface area contributed by atoms with E-state index in [1.54, 1.807) is 4.90 Å². The van der Waals surface area contributed by atoms with Crippen LogP contribution in [-0.2, 0) is 14.3 Å². The van der Waals surface area contributed by atoms with Crippen LogP contribution < -0.4 is 0 Å². The Morgan fingerprint density at radius 3 is 2.46 bits per heavy atom. The zero-order valence-electron chi connectivity index (χ0n) is 15.3. The zero-order chi connectivity index (χ0) is 18.1. The highest BCUT2D eigenvalue weighted by Gasteiger charge is 2.40. The van der Waals surface area contributed by atoms with Gasteiger partial charge in [-0.05, 0) is 37.4 Å². The number of rotatable bonds is 4. The summed E-state index contributed by atoms with van der Waals surface area (Å²) in [5.74, 6) is 0.314. The van der Waals surface area contributed by atoms with E-state index in [0.29, 0.717) is 19.0 Å². The van der Waals surface area contributed by atoms with Gasteiger partial charge in [0.1, 0.15) is 12.1 Å². The maximum atomic E-state index is 13.2. The standard InChI is InChI=1S/C20H27N3O3/c1-21-11-12-23(14-18(21)24)19(16-5-3-2-4-6-16)20(25)26-17-13-22-9-7-15(17)8-10-22/h2-6,15,17,19H,7-14H2,1H3. The van der Waals surface area contributed by atoms with E-state index in [1.165, 1.54) is 0 Å².